The van der Waals surface area contributed by atoms with Crippen molar-refractivity contribution < 1.29 is 4.79 Å². The van der Waals surface area contributed by atoms with Crippen LogP contribution in [0, 0.1) is 0 Å². The maximum Gasteiger partial charge on any atom is 0.224 e. The van der Waals surface area contributed by atoms with E-state index in [1.54, 1.807) is 17.9 Å². The summed E-state index contributed by atoms with van der Waals surface area (Å²) in [6.07, 6.45) is 8.83. The van der Waals surface area contributed by atoms with Crippen molar-refractivity contribution in [2.75, 3.05) is 6.54 Å². The first kappa shape index (κ1) is 12.5. The van der Waals surface area contributed by atoms with Crippen molar-refractivity contribution in [3.8, 4) is 0 Å². The van der Waals surface area contributed by atoms with E-state index in [1.165, 1.54) is 5.57 Å². The first-order chi connectivity index (χ1) is 7.60. The van der Waals surface area contributed by atoms with Gasteiger partial charge in [-0.05, 0) is 37.5 Å². The van der Waals surface area contributed by atoms with Crippen molar-refractivity contribution in [2.45, 2.75) is 27.2 Å². The molecule has 0 saturated heterocycles. The Morgan fingerprint density at radius 1 is 1.62 bits per heavy atom. The Kier molecular flexibility index (Phi) is 4.29. The lowest BCUT2D eigenvalue weighted by Crippen LogP contribution is -2.29. The standard InChI is InChI=1S/C14H19NO/c1-5-13(6-2)10-15(12(4)16)14-9-7-8-11(14)3/h5-7,9H,1,8,10H2,2-4H3/b13-6+. The molecule has 0 radical (unpaired) electrons. The average Bonchev–Trinajstić information content (AvgIpc) is 2.66. The minimum Gasteiger partial charge on any atom is -0.308 e. The first-order valence-electron chi connectivity index (χ1n) is 5.52. The first-order valence-corrected chi connectivity index (χ1v) is 5.52. The molecule has 0 heterocycles. The molecule has 1 aliphatic carbocycles. The molecule has 2 heteroatoms. The van der Waals surface area contributed by atoms with Gasteiger partial charge >= 0.3 is 0 Å². The van der Waals surface area contributed by atoms with Gasteiger partial charge in [0.1, 0.15) is 0 Å². The number of hydrogen-bond acceptors (Lipinski definition) is 1. The summed E-state index contributed by atoms with van der Waals surface area (Å²) in [4.78, 5) is 13.4. The molecule has 0 atom stereocenters. The van der Waals surface area contributed by atoms with Crippen LogP contribution in [-0.2, 0) is 4.79 Å². The van der Waals surface area contributed by atoms with Gasteiger partial charge in [-0.2, -0.15) is 0 Å². The molecule has 0 aliphatic heterocycles. The van der Waals surface area contributed by atoms with E-state index in [2.05, 4.69) is 19.6 Å². The molecule has 0 aromatic carbocycles. The molecule has 86 valence electrons. The quantitative estimate of drug-likeness (QED) is 0.662. The number of nitrogens with zero attached hydrogens (tertiary/aromatic N) is 1. The van der Waals surface area contributed by atoms with E-state index >= 15 is 0 Å². The van der Waals surface area contributed by atoms with Gasteiger partial charge in [0.2, 0.25) is 5.91 Å². The Balaban J connectivity index is 2.93. The van der Waals surface area contributed by atoms with Crippen molar-refractivity contribution in [1.82, 2.24) is 4.90 Å². The highest BCUT2D eigenvalue weighted by Crippen LogP contribution is 2.23. The summed E-state index contributed by atoms with van der Waals surface area (Å²) in [5.74, 6) is 0.0714. The second-order valence-electron chi connectivity index (χ2n) is 3.94. The summed E-state index contributed by atoms with van der Waals surface area (Å²) in [5, 5.41) is 0. The summed E-state index contributed by atoms with van der Waals surface area (Å²) in [6.45, 7) is 9.98. The van der Waals surface area contributed by atoms with Crippen LogP contribution in [0.3, 0.4) is 0 Å². The molecular formula is C14H19NO. The van der Waals surface area contributed by atoms with Gasteiger partial charge in [0.15, 0.2) is 0 Å². The number of carbonyl (C=O) groups is 1. The second-order valence-corrected chi connectivity index (χ2v) is 3.94. The van der Waals surface area contributed by atoms with Crippen molar-refractivity contribution in [2.24, 2.45) is 0 Å². The topological polar surface area (TPSA) is 20.3 Å². The molecule has 0 spiro atoms. The van der Waals surface area contributed by atoms with E-state index in [0.717, 1.165) is 17.7 Å². The SMILES string of the molecule is C=C/C(=C\C)CN(C(C)=O)C1=C(C)CC=C1. The van der Waals surface area contributed by atoms with E-state index in [9.17, 15) is 4.79 Å². The highest BCUT2D eigenvalue weighted by molar-refractivity contribution is 5.77. The van der Waals surface area contributed by atoms with E-state index in [-0.39, 0.29) is 5.91 Å². The maximum atomic E-state index is 11.6. The van der Waals surface area contributed by atoms with Gasteiger partial charge < -0.3 is 4.90 Å². The molecule has 16 heavy (non-hydrogen) atoms. The lowest BCUT2D eigenvalue weighted by atomic mass is 10.2. The van der Waals surface area contributed by atoms with Crippen LogP contribution in [-0.4, -0.2) is 17.4 Å². The normalized spacial score (nSPS) is 15.6. The molecule has 1 amide bonds. The van der Waals surface area contributed by atoms with Crippen LogP contribution in [0.5, 0.6) is 0 Å². The van der Waals surface area contributed by atoms with Crippen molar-refractivity contribution in [3.63, 3.8) is 0 Å². The zero-order valence-corrected chi connectivity index (χ0v) is 10.3. The van der Waals surface area contributed by atoms with Crippen LogP contribution < -0.4 is 0 Å². The molecule has 0 saturated carbocycles. The van der Waals surface area contributed by atoms with Crippen LogP contribution in [0.15, 0.2) is 47.7 Å². The van der Waals surface area contributed by atoms with Gasteiger partial charge in [-0.1, -0.05) is 24.8 Å². The van der Waals surface area contributed by atoms with Crippen LogP contribution in [0.1, 0.15) is 27.2 Å². The number of carbonyl (C=O) groups excluding carboxylic acids is 1. The Labute approximate surface area is 97.6 Å². The third kappa shape index (κ3) is 2.72. The zero-order valence-electron chi connectivity index (χ0n) is 10.3. The number of hydrogen-bond donors (Lipinski definition) is 0. The van der Waals surface area contributed by atoms with Gasteiger partial charge in [-0.3, -0.25) is 4.79 Å². The molecular weight excluding hydrogens is 198 g/mol. The average molecular weight is 217 g/mol. The molecule has 1 aliphatic rings. The van der Waals surface area contributed by atoms with Crippen LogP contribution in [0.4, 0.5) is 0 Å². The third-order valence-corrected chi connectivity index (χ3v) is 2.78. The fraction of sp³-hybridized carbons (Fsp3) is 0.357. The number of rotatable bonds is 4. The molecule has 0 fully saturated rings. The minimum absolute atomic E-state index is 0.0714. The lowest BCUT2D eigenvalue weighted by molar-refractivity contribution is -0.126. The molecule has 0 N–H and O–H groups in total. The Hall–Kier alpha value is -1.57. The summed E-state index contributed by atoms with van der Waals surface area (Å²) in [6, 6.07) is 0. The maximum absolute atomic E-state index is 11.6. The molecule has 0 bridgehead atoms. The lowest BCUT2D eigenvalue weighted by Gasteiger charge is -2.23. The molecule has 0 unspecified atom stereocenters. The van der Waals surface area contributed by atoms with Crippen molar-refractivity contribution >= 4 is 5.91 Å². The van der Waals surface area contributed by atoms with Gasteiger partial charge in [-0.15, -0.1) is 0 Å². The van der Waals surface area contributed by atoms with Gasteiger partial charge in [-0.25, -0.2) is 0 Å². The predicted molar refractivity (Wildman–Crippen MR) is 67.8 cm³/mol. The minimum atomic E-state index is 0.0714. The van der Waals surface area contributed by atoms with Crippen molar-refractivity contribution in [1.29, 1.82) is 0 Å². The molecule has 2 nitrogen and oxygen atoms in total. The molecule has 1 rings (SSSR count). The zero-order chi connectivity index (χ0) is 12.1. The summed E-state index contributed by atoms with van der Waals surface area (Å²) < 4.78 is 0. The summed E-state index contributed by atoms with van der Waals surface area (Å²) in [7, 11) is 0. The fourth-order valence-electron chi connectivity index (χ4n) is 1.74. The Morgan fingerprint density at radius 3 is 2.69 bits per heavy atom. The van der Waals surface area contributed by atoms with Crippen LogP contribution in [0.25, 0.3) is 0 Å². The Morgan fingerprint density at radius 2 is 2.31 bits per heavy atom. The van der Waals surface area contributed by atoms with Crippen LogP contribution >= 0.6 is 0 Å². The highest BCUT2D eigenvalue weighted by atomic mass is 16.2. The van der Waals surface area contributed by atoms with E-state index in [4.69, 9.17) is 0 Å². The van der Waals surface area contributed by atoms with E-state index < -0.39 is 0 Å². The third-order valence-electron chi connectivity index (χ3n) is 2.78. The summed E-state index contributed by atoms with van der Waals surface area (Å²) in [5.41, 5.74) is 3.35. The fourth-order valence-corrected chi connectivity index (χ4v) is 1.74. The van der Waals surface area contributed by atoms with Gasteiger partial charge in [0, 0.05) is 12.6 Å². The van der Waals surface area contributed by atoms with Gasteiger partial charge in [0.25, 0.3) is 0 Å². The van der Waals surface area contributed by atoms with Crippen LogP contribution in [0.2, 0.25) is 0 Å². The summed E-state index contributed by atoms with van der Waals surface area (Å²) >= 11 is 0. The van der Waals surface area contributed by atoms with E-state index in [0.29, 0.717) is 6.54 Å². The number of allylic oxidation sites excluding steroid dienone is 4. The van der Waals surface area contributed by atoms with E-state index in [1.807, 2.05) is 19.1 Å². The van der Waals surface area contributed by atoms with Crippen molar-refractivity contribution in [3.05, 3.63) is 47.7 Å². The highest BCUT2D eigenvalue weighted by Gasteiger charge is 2.17. The Bertz CT molecular complexity index is 386. The smallest absolute Gasteiger partial charge is 0.224 e. The molecule has 0 aromatic rings. The molecule has 0 aromatic heterocycles. The monoisotopic (exact) mass is 217 g/mol. The van der Waals surface area contributed by atoms with Gasteiger partial charge in [0.05, 0.1) is 6.54 Å². The largest absolute Gasteiger partial charge is 0.308 e. The predicted octanol–water partition coefficient (Wildman–Crippen LogP) is 3.20. The second kappa shape index (κ2) is 5.50. The number of amides is 1.